The van der Waals surface area contributed by atoms with Crippen molar-refractivity contribution >= 4 is 21.8 Å². The zero-order valence-corrected chi connectivity index (χ0v) is 11.4. The van der Waals surface area contributed by atoms with Crippen molar-refractivity contribution in [3.8, 4) is 0 Å². The van der Waals surface area contributed by atoms with Crippen molar-refractivity contribution in [1.82, 2.24) is 9.88 Å². The van der Waals surface area contributed by atoms with Gasteiger partial charge >= 0.3 is 0 Å². The lowest BCUT2D eigenvalue weighted by atomic mass is 10.1. The molecule has 0 saturated carbocycles. The van der Waals surface area contributed by atoms with E-state index in [1.54, 1.807) is 6.20 Å². The SMILES string of the molecule is O=C(c1ccc(Br)nc1)N1CCCCCCC1. The number of hydrogen-bond acceptors (Lipinski definition) is 2. The van der Waals surface area contributed by atoms with Gasteiger partial charge in [-0.05, 0) is 40.9 Å². The molecule has 17 heavy (non-hydrogen) atoms. The van der Waals surface area contributed by atoms with E-state index in [0.29, 0.717) is 5.56 Å². The van der Waals surface area contributed by atoms with Crippen molar-refractivity contribution < 1.29 is 4.79 Å². The maximum absolute atomic E-state index is 12.2. The van der Waals surface area contributed by atoms with E-state index in [2.05, 4.69) is 20.9 Å². The Balaban J connectivity index is 2.04. The minimum atomic E-state index is 0.118. The third kappa shape index (κ3) is 3.53. The highest BCUT2D eigenvalue weighted by molar-refractivity contribution is 9.10. The fourth-order valence-corrected chi connectivity index (χ4v) is 2.37. The summed E-state index contributed by atoms with van der Waals surface area (Å²) in [6, 6.07) is 3.65. The molecule has 1 saturated heterocycles. The fraction of sp³-hybridized carbons (Fsp3) is 0.538. The van der Waals surface area contributed by atoms with E-state index in [-0.39, 0.29) is 5.91 Å². The lowest BCUT2D eigenvalue weighted by Gasteiger charge is -2.24. The molecule has 92 valence electrons. The molecule has 3 nitrogen and oxygen atoms in total. The lowest BCUT2D eigenvalue weighted by molar-refractivity contribution is 0.0742. The van der Waals surface area contributed by atoms with E-state index in [4.69, 9.17) is 0 Å². The molecule has 0 unspecified atom stereocenters. The molecule has 1 aromatic rings. The number of pyridine rings is 1. The van der Waals surface area contributed by atoms with E-state index in [1.165, 1.54) is 19.3 Å². The third-order valence-corrected chi connectivity index (χ3v) is 3.59. The van der Waals surface area contributed by atoms with E-state index >= 15 is 0 Å². The Kier molecular flexibility index (Phi) is 4.54. The maximum atomic E-state index is 12.2. The summed E-state index contributed by atoms with van der Waals surface area (Å²) >= 11 is 3.28. The van der Waals surface area contributed by atoms with Gasteiger partial charge in [0.25, 0.3) is 5.91 Å². The first-order valence-electron chi connectivity index (χ1n) is 6.18. The van der Waals surface area contributed by atoms with Gasteiger partial charge in [-0.25, -0.2) is 4.98 Å². The summed E-state index contributed by atoms with van der Waals surface area (Å²) < 4.78 is 0.765. The van der Waals surface area contributed by atoms with Crippen LogP contribution in [0.15, 0.2) is 22.9 Å². The van der Waals surface area contributed by atoms with E-state index in [0.717, 1.165) is 30.5 Å². The summed E-state index contributed by atoms with van der Waals surface area (Å²) in [6.45, 7) is 1.77. The van der Waals surface area contributed by atoms with Crippen LogP contribution in [-0.2, 0) is 0 Å². The van der Waals surface area contributed by atoms with Gasteiger partial charge in [0.2, 0.25) is 0 Å². The van der Waals surface area contributed by atoms with Crippen molar-refractivity contribution in [3.63, 3.8) is 0 Å². The highest BCUT2D eigenvalue weighted by atomic mass is 79.9. The Bertz CT molecular complexity index is 370. The van der Waals surface area contributed by atoms with Gasteiger partial charge in [0, 0.05) is 19.3 Å². The molecule has 0 radical (unpaired) electrons. The van der Waals surface area contributed by atoms with Crippen LogP contribution in [0, 0.1) is 0 Å². The zero-order valence-electron chi connectivity index (χ0n) is 9.86. The molecule has 1 fully saturated rings. The highest BCUT2D eigenvalue weighted by Gasteiger charge is 2.16. The summed E-state index contributed by atoms with van der Waals surface area (Å²) in [5.41, 5.74) is 0.689. The average molecular weight is 297 g/mol. The molecule has 0 aliphatic carbocycles. The van der Waals surface area contributed by atoms with Crippen molar-refractivity contribution in [2.24, 2.45) is 0 Å². The molecule has 0 bridgehead atoms. The molecule has 4 heteroatoms. The number of amides is 1. The van der Waals surface area contributed by atoms with Crippen LogP contribution in [-0.4, -0.2) is 28.9 Å². The number of rotatable bonds is 1. The van der Waals surface area contributed by atoms with Crippen LogP contribution in [0.2, 0.25) is 0 Å². The summed E-state index contributed by atoms with van der Waals surface area (Å²) in [7, 11) is 0. The van der Waals surface area contributed by atoms with Crippen LogP contribution >= 0.6 is 15.9 Å². The number of carbonyl (C=O) groups excluding carboxylic acids is 1. The van der Waals surface area contributed by atoms with Crippen molar-refractivity contribution in [3.05, 3.63) is 28.5 Å². The number of likely N-dealkylation sites (tertiary alicyclic amines) is 1. The fourth-order valence-electron chi connectivity index (χ4n) is 2.14. The predicted molar refractivity (Wildman–Crippen MR) is 70.9 cm³/mol. The standard InChI is InChI=1S/C13H17BrN2O/c14-12-7-6-11(10-15-12)13(17)16-8-4-2-1-3-5-9-16/h6-7,10H,1-5,8-9H2. The quantitative estimate of drug-likeness (QED) is 0.745. The molecule has 0 atom stereocenters. The molecule has 1 aromatic heterocycles. The first kappa shape index (κ1) is 12.6. The molecule has 1 aliphatic heterocycles. The number of hydrogen-bond donors (Lipinski definition) is 0. The topological polar surface area (TPSA) is 33.2 Å². The molecule has 0 spiro atoms. The Morgan fingerprint density at radius 3 is 2.35 bits per heavy atom. The Morgan fingerprint density at radius 1 is 1.12 bits per heavy atom. The second kappa shape index (κ2) is 6.15. The normalized spacial score (nSPS) is 17.4. The molecular weight excluding hydrogens is 280 g/mol. The number of halogens is 1. The van der Waals surface area contributed by atoms with Gasteiger partial charge < -0.3 is 4.90 Å². The first-order valence-corrected chi connectivity index (χ1v) is 6.97. The molecule has 2 heterocycles. The van der Waals surface area contributed by atoms with Gasteiger partial charge in [-0.2, -0.15) is 0 Å². The van der Waals surface area contributed by atoms with E-state index < -0.39 is 0 Å². The largest absolute Gasteiger partial charge is 0.339 e. The third-order valence-electron chi connectivity index (χ3n) is 3.12. The predicted octanol–water partition coefficient (Wildman–Crippen LogP) is 3.25. The zero-order chi connectivity index (χ0) is 12.1. The van der Waals surface area contributed by atoms with Crippen LogP contribution in [0.1, 0.15) is 42.5 Å². The van der Waals surface area contributed by atoms with Gasteiger partial charge in [0.1, 0.15) is 4.60 Å². The van der Waals surface area contributed by atoms with Crippen molar-refractivity contribution in [2.75, 3.05) is 13.1 Å². The van der Waals surface area contributed by atoms with Crippen molar-refractivity contribution in [1.29, 1.82) is 0 Å². The Hall–Kier alpha value is -0.900. The van der Waals surface area contributed by atoms with Crippen LogP contribution in [0.4, 0.5) is 0 Å². The lowest BCUT2D eigenvalue weighted by Crippen LogP contribution is -2.33. The Morgan fingerprint density at radius 2 is 1.76 bits per heavy atom. The first-order chi connectivity index (χ1) is 8.27. The maximum Gasteiger partial charge on any atom is 0.255 e. The second-order valence-corrected chi connectivity index (χ2v) is 5.24. The van der Waals surface area contributed by atoms with Gasteiger partial charge in [-0.3, -0.25) is 4.79 Å². The van der Waals surface area contributed by atoms with Gasteiger partial charge in [-0.15, -0.1) is 0 Å². The molecule has 0 aromatic carbocycles. The molecular formula is C13H17BrN2O. The summed E-state index contributed by atoms with van der Waals surface area (Å²) in [5.74, 6) is 0.118. The average Bonchev–Trinajstić information content (AvgIpc) is 2.29. The number of carbonyl (C=O) groups is 1. The van der Waals surface area contributed by atoms with Crippen LogP contribution in [0.25, 0.3) is 0 Å². The molecule has 1 amide bonds. The van der Waals surface area contributed by atoms with E-state index in [9.17, 15) is 4.79 Å². The van der Waals surface area contributed by atoms with Crippen LogP contribution in [0.3, 0.4) is 0 Å². The summed E-state index contributed by atoms with van der Waals surface area (Å²) in [5, 5.41) is 0. The minimum absolute atomic E-state index is 0.118. The monoisotopic (exact) mass is 296 g/mol. The minimum Gasteiger partial charge on any atom is -0.339 e. The van der Waals surface area contributed by atoms with Crippen LogP contribution in [0.5, 0.6) is 0 Å². The van der Waals surface area contributed by atoms with Crippen LogP contribution < -0.4 is 0 Å². The van der Waals surface area contributed by atoms with Crippen molar-refractivity contribution in [2.45, 2.75) is 32.1 Å². The van der Waals surface area contributed by atoms with Gasteiger partial charge in [0.15, 0.2) is 0 Å². The molecule has 2 rings (SSSR count). The summed E-state index contributed by atoms with van der Waals surface area (Å²) in [6.07, 6.45) is 7.67. The van der Waals surface area contributed by atoms with E-state index in [1.807, 2.05) is 17.0 Å². The van der Waals surface area contributed by atoms with Gasteiger partial charge in [-0.1, -0.05) is 19.3 Å². The summed E-state index contributed by atoms with van der Waals surface area (Å²) in [4.78, 5) is 18.3. The van der Waals surface area contributed by atoms with Gasteiger partial charge in [0.05, 0.1) is 5.56 Å². The smallest absolute Gasteiger partial charge is 0.255 e. The molecule has 0 N–H and O–H groups in total. The molecule has 1 aliphatic rings. The highest BCUT2D eigenvalue weighted by Crippen LogP contribution is 2.14. The Labute approximate surface area is 110 Å². The second-order valence-electron chi connectivity index (χ2n) is 4.43. The number of nitrogens with zero attached hydrogens (tertiary/aromatic N) is 2. The number of aromatic nitrogens is 1.